The van der Waals surface area contributed by atoms with E-state index in [2.05, 4.69) is 5.32 Å². The number of benzene rings is 2. The number of amides is 1. The highest BCUT2D eigenvalue weighted by atomic mass is 32.2. The molecule has 0 saturated carbocycles. The molecular weight excluding hydrogens is 387 g/mol. The van der Waals surface area contributed by atoms with Crippen molar-refractivity contribution in [3.05, 3.63) is 59.9 Å². The number of esters is 1. The number of nitrogens with zero attached hydrogens (tertiary/aromatic N) is 1. The molecule has 0 fully saturated rings. The Morgan fingerprint density at radius 3 is 2.46 bits per heavy atom. The zero-order chi connectivity index (χ0) is 20.9. The molecule has 0 atom stereocenters. The van der Waals surface area contributed by atoms with Gasteiger partial charge in [0.05, 0.1) is 10.5 Å². The topological polar surface area (TPSA) is 92.8 Å². The van der Waals surface area contributed by atoms with Crippen molar-refractivity contribution < 1.29 is 27.1 Å². The van der Waals surface area contributed by atoms with Gasteiger partial charge in [-0.15, -0.1) is 0 Å². The van der Waals surface area contributed by atoms with Crippen molar-refractivity contribution in [2.24, 2.45) is 0 Å². The zero-order valence-electron chi connectivity index (χ0n) is 15.7. The summed E-state index contributed by atoms with van der Waals surface area (Å²) in [4.78, 5) is 24.0. The fraction of sp³-hybridized carbons (Fsp3) is 0.263. The van der Waals surface area contributed by atoms with Gasteiger partial charge in [-0.2, -0.15) is 4.31 Å². The van der Waals surface area contributed by atoms with Crippen LogP contribution in [0.4, 0.5) is 10.1 Å². The molecule has 0 bridgehead atoms. The summed E-state index contributed by atoms with van der Waals surface area (Å²) in [6.45, 7) is 2.86. The Balaban J connectivity index is 2.04. The molecule has 0 saturated heterocycles. The number of ether oxygens (including phenoxy) is 1. The first-order chi connectivity index (χ1) is 13.1. The second kappa shape index (κ2) is 8.94. The molecule has 2 aromatic rings. The number of nitrogens with one attached hydrogen (secondary N) is 1. The summed E-state index contributed by atoms with van der Waals surface area (Å²) < 4.78 is 44.3. The van der Waals surface area contributed by atoms with E-state index in [9.17, 15) is 22.4 Å². The van der Waals surface area contributed by atoms with Crippen LogP contribution in [0.3, 0.4) is 0 Å². The summed E-state index contributed by atoms with van der Waals surface area (Å²) in [5.41, 5.74) is 0.225. The molecular formula is C19H21FN2O5S. The van der Waals surface area contributed by atoms with E-state index in [4.69, 9.17) is 4.74 Å². The number of halogens is 1. The monoisotopic (exact) mass is 408 g/mol. The van der Waals surface area contributed by atoms with Gasteiger partial charge in [0.1, 0.15) is 5.82 Å². The van der Waals surface area contributed by atoms with Gasteiger partial charge in [0.25, 0.3) is 5.91 Å². The average Bonchev–Trinajstić information content (AvgIpc) is 2.65. The minimum atomic E-state index is -3.76. The maximum absolute atomic E-state index is 13.1. The van der Waals surface area contributed by atoms with E-state index < -0.39 is 34.3 Å². The van der Waals surface area contributed by atoms with Gasteiger partial charge in [-0.25, -0.2) is 17.6 Å². The number of hydrogen-bond donors (Lipinski definition) is 1. The van der Waals surface area contributed by atoms with E-state index in [0.29, 0.717) is 0 Å². The Hall–Kier alpha value is -2.78. The third kappa shape index (κ3) is 5.37. The molecule has 2 aromatic carbocycles. The second-order valence-corrected chi connectivity index (χ2v) is 8.27. The SMILES string of the molecule is CC(C)N(C)S(=O)(=O)c1cccc(C(=O)OCC(=O)Nc2cccc(F)c2)c1. The third-order valence-electron chi connectivity index (χ3n) is 3.92. The van der Waals surface area contributed by atoms with Crippen molar-refractivity contribution in [2.75, 3.05) is 19.0 Å². The highest BCUT2D eigenvalue weighted by Gasteiger charge is 2.24. The highest BCUT2D eigenvalue weighted by molar-refractivity contribution is 7.89. The van der Waals surface area contributed by atoms with E-state index in [1.807, 2.05) is 0 Å². The first kappa shape index (κ1) is 21.5. The number of hydrogen-bond acceptors (Lipinski definition) is 5. The van der Waals surface area contributed by atoms with Crippen LogP contribution < -0.4 is 5.32 Å². The largest absolute Gasteiger partial charge is 0.452 e. The summed E-state index contributed by atoms with van der Waals surface area (Å²) in [6.07, 6.45) is 0. The summed E-state index contributed by atoms with van der Waals surface area (Å²) in [7, 11) is -2.31. The Labute approximate surface area is 163 Å². The van der Waals surface area contributed by atoms with Gasteiger partial charge < -0.3 is 10.1 Å². The molecule has 0 heterocycles. The van der Waals surface area contributed by atoms with Crippen molar-refractivity contribution in [1.82, 2.24) is 4.31 Å². The molecule has 0 aliphatic rings. The van der Waals surface area contributed by atoms with Crippen LogP contribution in [0.5, 0.6) is 0 Å². The fourth-order valence-electron chi connectivity index (χ4n) is 2.21. The Morgan fingerprint density at radius 1 is 1.14 bits per heavy atom. The quantitative estimate of drug-likeness (QED) is 0.711. The van der Waals surface area contributed by atoms with Gasteiger partial charge in [0.2, 0.25) is 10.0 Å². The number of anilines is 1. The maximum atomic E-state index is 13.1. The first-order valence-corrected chi connectivity index (χ1v) is 9.86. The Kier molecular flexibility index (Phi) is 6.87. The van der Waals surface area contributed by atoms with E-state index in [1.54, 1.807) is 13.8 Å². The van der Waals surface area contributed by atoms with Crippen molar-refractivity contribution in [3.63, 3.8) is 0 Å². The van der Waals surface area contributed by atoms with E-state index in [-0.39, 0.29) is 22.2 Å². The molecule has 2 rings (SSSR count). The van der Waals surface area contributed by atoms with Gasteiger partial charge in [0.15, 0.2) is 6.61 Å². The lowest BCUT2D eigenvalue weighted by Gasteiger charge is -2.21. The smallest absolute Gasteiger partial charge is 0.338 e. The minimum absolute atomic E-state index is 0.00298. The van der Waals surface area contributed by atoms with Crippen molar-refractivity contribution >= 4 is 27.6 Å². The van der Waals surface area contributed by atoms with Crippen LogP contribution in [0.15, 0.2) is 53.4 Å². The molecule has 1 amide bonds. The summed E-state index contributed by atoms with van der Waals surface area (Å²) in [5, 5.41) is 2.39. The highest BCUT2D eigenvalue weighted by Crippen LogP contribution is 2.18. The molecule has 0 radical (unpaired) electrons. The molecule has 7 nitrogen and oxygen atoms in total. The third-order valence-corrected chi connectivity index (χ3v) is 5.95. The molecule has 0 aromatic heterocycles. The zero-order valence-corrected chi connectivity index (χ0v) is 16.5. The average molecular weight is 408 g/mol. The second-order valence-electron chi connectivity index (χ2n) is 6.28. The molecule has 0 aliphatic heterocycles. The number of rotatable bonds is 7. The number of sulfonamides is 1. The van der Waals surface area contributed by atoms with Crippen LogP contribution in [0.2, 0.25) is 0 Å². The van der Waals surface area contributed by atoms with Gasteiger partial charge >= 0.3 is 5.97 Å². The maximum Gasteiger partial charge on any atom is 0.338 e. The molecule has 0 unspecified atom stereocenters. The first-order valence-electron chi connectivity index (χ1n) is 8.42. The molecule has 9 heteroatoms. The summed E-state index contributed by atoms with van der Waals surface area (Å²) in [6, 6.07) is 10.4. The minimum Gasteiger partial charge on any atom is -0.452 e. The predicted octanol–water partition coefficient (Wildman–Crippen LogP) is 2.65. The number of carbonyl (C=O) groups excluding carboxylic acids is 2. The standard InChI is InChI=1S/C19H21FN2O5S/c1-13(2)22(3)28(25,26)17-9-4-6-14(10-17)19(24)27-12-18(23)21-16-8-5-7-15(20)11-16/h4-11,13H,12H2,1-3H3,(H,21,23). The molecule has 28 heavy (non-hydrogen) atoms. The van der Waals surface area contributed by atoms with Crippen LogP contribution >= 0.6 is 0 Å². The van der Waals surface area contributed by atoms with Gasteiger partial charge in [-0.05, 0) is 50.2 Å². The molecule has 1 N–H and O–H groups in total. The molecule has 0 spiro atoms. The van der Waals surface area contributed by atoms with Crippen LogP contribution in [0.25, 0.3) is 0 Å². The van der Waals surface area contributed by atoms with Crippen LogP contribution in [-0.2, 0) is 19.6 Å². The molecule has 0 aliphatic carbocycles. The fourth-order valence-corrected chi connectivity index (χ4v) is 3.62. The van der Waals surface area contributed by atoms with Crippen LogP contribution in [0, 0.1) is 5.82 Å². The van der Waals surface area contributed by atoms with Crippen molar-refractivity contribution in [2.45, 2.75) is 24.8 Å². The molecule has 150 valence electrons. The number of carbonyl (C=O) groups is 2. The summed E-state index contributed by atoms with van der Waals surface area (Å²) >= 11 is 0. The van der Waals surface area contributed by atoms with Crippen molar-refractivity contribution in [1.29, 1.82) is 0 Å². The van der Waals surface area contributed by atoms with Gasteiger partial charge in [0, 0.05) is 18.8 Å². The van der Waals surface area contributed by atoms with Gasteiger partial charge in [-0.3, -0.25) is 4.79 Å². The van der Waals surface area contributed by atoms with Crippen molar-refractivity contribution in [3.8, 4) is 0 Å². The normalized spacial score (nSPS) is 11.5. The lowest BCUT2D eigenvalue weighted by molar-refractivity contribution is -0.119. The van der Waals surface area contributed by atoms with Gasteiger partial charge in [-0.1, -0.05) is 12.1 Å². The van der Waals surface area contributed by atoms with E-state index >= 15 is 0 Å². The van der Waals surface area contributed by atoms with E-state index in [1.165, 1.54) is 53.8 Å². The Morgan fingerprint density at radius 2 is 1.82 bits per heavy atom. The van der Waals surface area contributed by atoms with Crippen LogP contribution in [-0.4, -0.2) is 44.3 Å². The predicted molar refractivity (Wildman–Crippen MR) is 102 cm³/mol. The lowest BCUT2D eigenvalue weighted by atomic mass is 10.2. The van der Waals surface area contributed by atoms with Crippen LogP contribution in [0.1, 0.15) is 24.2 Å². The van der Waals surface area contributed by atoms with E-state index in [0.717, 1.165) is 6.07 Å². The Bertz CT molecular complexity index is 976. The lowest BCUT2D eigenvalue weighted by Crippen LogP contribution is -2.33. The summed E-state index contributed by atoms with van der Waals surface area (Å²) in [5.74, 6) is -2.01.